The minimum atomic E-state index is 0.272. The van der Waals surface area contributed by atoms with Gasteiger partial charge in [0.05, 0.1) is 13.2 Å². The molecule has 2 N–H and O–H groups in total. The zero-order valence-electron chi connectivity index (χ0n) is 7.79. The van der Waals surface area contributed by atoms with Crippen LogP contribution < -0.4 is 5.73 Å². The van der Waals surface area contributed by atoms with Gasteiger partial charge in [0.2, 0.25) is 0 Å². The van der Waals surface area contributed by atoms with Gasteiger partial charge >= 0.3 is 0 Å². The molecule has 1 heterocycles. The lowest BCUT2D eigenvalue weighted by atomic mass is 10.1. The smallest absolute Gasteiger partial charge is 0.0501 e. The van der Waals surface area contributed by atoms with Crippen molar-refractivity contribution in [3.8, 4) is 0 Å². The maximum atomic E-state index is 6.04. The quantitative estimate of drug-likeness (QED) is 0.627. The van der Waals surface area contributed by atoms with Gasteiger partial charge in [-0.25, -0.2) is 0 Å². The molecular formula is C10H17NO. The highest BCUT2D eigenvalue weighted by molar-refractivity contribution is 5.13. The van der Waals surface area contributed by atoms with Gasteiger partial charge in [-0.2, -0.15) is 0 Å². The molecule has 1 aliphatic heterocycles. The summed E-state index contributed by atoms with van der Waals surface area (Å²) >= 11 is 0. The molecule has 12 heavy (non-hydrogen) atoms. The lowest BCUT2D eigenvalue weighted by Crippen LogP contribution is -2.23. The number of ether oxygens (including phenoxy) is 1. The number of allylic oxidation sites excluding steroid dienone is 1. The fourth-order valence-corrected chi connectivity index (χ4v) is 2.35. The van der Waals surface area contributed by atoms with E-state index in [9.17, 15) is 0 Å². The van der Waals surface area contributed by atoms with Gasteiger partial charge in [-0.3, -0.25) is 0 Å². The largest absolute Gasteiger partial charge is 0.381 e. The molecule has 2 nitrogen and oxygen atoms in total. The first-order valence-electron chi connectivity index (χ1n) is 4.68. The molecule has 1 saturated carbocycles. The minimum Gasteiger partial charge on any atom is -0.381 e. The fraction of sp³-hybridized carbons (Fsp3) is 0.800. The summed E-state index contributed by atoms with van der Waals surface area (Å²) in [5.41, 5.74) is 7.37. The van der Waals surface area contributed by atoms with Gasteiger partial charge in [-0.1, -0.05) is 11.6 Å². The third kappa shape index (κ3) is 1.29. The van der Waals surface area contributed by atoms with Crippen LogP contribution in [-0.4, -0.2) is 19.3 Å². The third-order valence-electron chi connectivity index (χ3n) is 2.99. The highest BCUT2D eigenvalue weighted by Gasteiger charge is 2.55. The molecule has 0 spiro atoms. The van der Waals surface area contributed by atoms with Gasteiger partial charge in [0.25, 0.3) is 0 Å². The van der Waals surface area contributed by atoms with Crippen LogP contribution in [-0.2, 0) is 4.74 Å². The molecule has 3 unspecified atom stereocenters. The summed E-state index contributed by atoms with van der Waals surface area (Å²) in [5.74, 6) is 2.26. The molecule has 0 bridgehead atoms. The van der Waals surface area contributed by atoms with E-state index in [1.807, 2.05) is 0 Å². The van der Waals surface area contributed by atoms with E-state index in [1.54, 1.807) is 0 Å². The Morgan fingerprint density at radius 1 is 1.42 bits per heavy atom. The molecular weight excluding hydrogens is 150 g/mol. The Kier molecular flexibility index (Phi) is 1.97. The first-order chi connectivity index (χ1) is 5.70. The second kappa shape index (κ2) is 2.86. The van der Waals surface area contributed by atoms with Gasteiger partial charge in [0, 0.05) is 6.04 Å². The third-order valence-corrected chi connectivity index (χ3v) is 2.99. The van der Waals surface area contributed by atoms with Gasteiger partial charge in [0.15, 0.2) is 0 Å². The van der Waals surface area contributed by atoms with E-state index in [4.69, 9.17) is 10.5 Å². The lowest BCUT2D eigenvalue weighted by Gasteiger charge is -2.09. The molecule has 2 rings (SSSR count). The van der Waals surface area contributed by atoms with Gasteiger partial charge < -0.3 is 10.5 Å². The molecule has 1 aliphatic carbocycles. The molecule has 1 saturated heterocycles. The van der Waals surface area contributed by atoms with Crippen LogP contribution in [0, 0.1) is 17.8 Å². The summed E-state index contributed by atoms with van der Waals surface area (Å²) in [6.45, 7) is 6.10. The number of hydrogen-bond donors (Lipinski definition) is 1. The molecule has 0 aromatic carbocycles. The summed E-state index contributed by atoms with van der Waals surface area (Å²) in [6.07, 6.45) is 2.18. The average Bonchev–Trinajstić information content (AvgIpc) is 2.45. The topological polar surface area (TPSA) is 35.2 Å². The monoisotopic (exact) mass is 167 g/mol. The average molecular weight is 167 g/mol. The van der Waals surface area contributed by atoms with Crippen LogP contribution in [0.25, 0.3) is 0 Å². The summed E-state index contributed by atoms with van der Waals surface area (Å²) in [7, 11) is 0. The number of nitrogens with two attached hydrogens (primary N) is 1. The van der Waals surface area contributed by atoms with E-state index >= 15 is 0 Å². The maximum Gasteiger partial charge on any atom is 0.0501 e. The number of fused-ring (bicyclic) bond motifs is 1. The SMILES string of the molecule is CC(C)=CC(N)C1C2COCC21. The lowest BCUT2D eigenvalue weighted by molar-refractivity contribution is 0.149. The Morgan fingerprint density at radius 2 is 2.00 bits per heavy atom. The molecule has 0 aromatic rings. The molecule has 0 amide bonds. The van der Waals surface area contributed by atoms with Crippen molar-refractivity contribution in [2.45, 2.75) is 19.9 Å². The summed E-state index contributed by atoms with van der Waals surface area (Å²) < 4.78 is 5.32. The number of rotatable bonds is 2. The second-order valence-electron chi connectivity index (χ2n) is 4.26. The first kappa shape index (κ1) is 8.27. The van der Waals surface area contributed by atoms with E-state index in [1.165, 1.54) is 5.57 Å². The normalized spacial score (nSPS) is 40.4. The van der Waals surface area contributed by atoms with Gasteiger partial charge in [0.1, 0.15) is 0 Å². The van der Waals surface area contributed by atoms with E-state index in [-0.39, 0.29) is 6.04 Å². The van der Waals surface area contributed by atoms with Crippen LogP contribution in [0.15, 0.2) is 11.6 Å². The molecule has 0 aromatic heterocycles. The molecule has 0 radical (unpaired) electrons. The molecule has 2 fully saturated rings. The van der Waals surface area contributed by atoms with Crippen LogP contribution in [0.3, 0.4) is 0 Å². The van der Waals surface area contributed by atoms with Crippen molar-refractivity contribution in [2.75, 3.05) is 13.2 Å². The Bertz CT molecular complexity index is 198. The predicted molar refractivity (Wildman–Crippen MR) is 48.7 cm³/mol. The van der Waals surface area contributed by atoms with Crippen molar-refractivity contribution in [1.82, 2.24) is 0 Å². The van der Waals surface area contributed by atoms with E-state index in [2.05, 4.69) is 19.9 Å². The Labute approximate surface area is 73.8 Å². The standard InChI is InChI=1S/C10H17NO/c1-6(2)3-9(11)10-7-4-12-5-8(7)10/h3,7-10H,4-5,11H2,1-2H3. The van der Waals surface area contributed by atoms with Crippen molar-refractivity contribution in [3.05, 3.63) is 11.6 Å². The maximum absolute atomic E-state index is 6.04. The summed E-state index contributed by atoms with van der Waals surface area (Å²) in [4.78, 5) is 0. The van der Waals surface area contributed by atoms with Crippen molar-refractivity contribution in [3.63, 3.8) is 0 Å². The van der Waals surface area contributed by atoms with Crippen LogP contribution in [0.1, 0.15) is 13.8 Å². The van der Waals surface area contributed by atoms with Crippen molar-refractivity contribution < 1.29 is 4.74 Å². The summed E-state index contributed by atoms with van der Waals surface area (Å²) in [5, 5.41) is 0. The van der Waals surface area contributed by atoms with Gasteiger partial charge in [-0.05, 0) is 31.6 Å². The van der Waals surface area contributed by atoms with Crippen molar-refractivity contribution in [1.29, 1.82) is 0 Å². The predicted octanol–water partition coefficient (Wildman–Crippen LogP) is 1.17. The molecule has 2 heteroatoms. The van der Waals surface area contributed by atoms with Crippen LogP contribution in [0.5, 0.6) is 0 Å². The zero-order valence-corrected chi connectivity index (χ0v) is 7.79. The van der Waals surface area contributed by atoms with Crippen LogP contribution in [0.2, 0.25) is 0 Å². The zero-order chi connectivity index (χ0) is 8.72. The van der Waals surface area contributed by atoms with E-state index < -0.39 is 0 Å². The highest BCUT2D eigenvalue weighted by Crippen LogP contribution is 2.52. The second-order valence-corrected chi connectivity index (χ2v) is 4.26. The Balaban J connectivity index is 1.91. The highest BCUT2D eigenvalue weighted by atomic mass is 16.5. The molecule has 68 valence electrons. The van der Waals surface area contributed by atoms with Crippen molar-refractivity contribution in [2.24, 2.45) is 23.5 Å². The van der Waals surface area contributed by atoms with Crippen LogP contribution in [0.4, 0.5) is 0 Å². The van der Waals surface area contributed by atoms with Gasteiger partial charge in [-0.15, -0.1) is 0 Å². The first-order valence-corrected chi connectivity index (χ1v) is 4.68. The molecule has 3 atom stereocenters. The Hall–Kier alpha value is -0.340. The number of hydrogen-bond acceptors (Lipinski definition) is 2. The summed E-state index contributed by atoms with van der Waals surface area (Å²) in [6, 6.07) is 0.272. The van der Waals surface area contributed by atoms with Crippen molar-refractivity contribution >= 4 is 0 Å². The Morgan fingerprint density at radius 3 is 2.50 bits per heavy atom. The van der Waals surface area contributed by atoms with Crippen LogP contribution >= 0.6 is 0 Å². The molecule has 2 aliphatic rings. The van der Waals surface area contributed by atoms with E-state index in [0.29, 0.717) is 5.92 Å². The van der Waals surface area contributed by atoms with E-state index in [0.717, 1.165) is 25.0 Å². The fourth-order valence-electron chi connectivity index (χ4n) is 2.35. The minimum absolute atomic E-state index is 0.272.